The summed E-state index contributed by atoms with van der Waals surface area (Å²) in [5.41, 5.74) is 1.11. The summed E-state index contributed by atoms with van der Waals surface area (Å²) in [4.78, 5) is 5.39. The number of thiazole rings is 1. The topological polar surface area (TPSA) is 12.9 Å². The number of hydrogen-bond donors (Lipinski definition) is 0. The van der Waals surface area contributed by atoms with Crippen LogP contribution in [-0.2, 0) is 12.3 Å². The highest BCUT2D eigenvalue weighted by Gasteiger charge is 2.04. The van der Waals surface area contributed by atoms with E-state index in [1.54, 1.807) is 11.3 Å². The van der Waals surface area contributed by atoms with Crippen molar-refractivity contribution in [3.05, 3.63) is 50.9 Å². The van der Waals surface area contributed by atoms with E-state index in [1.165, 1.54) is 0 Å². The summed E-state index contributed by atoms with van der Waals surface area (Å²) in [5.74, 6) is 0.528. The molecule has 0 saturated heterocycles. The Morgan fingerprint density at radius 2 is 2.07 bits per heavy atom. The van der Waals surface area contributed by atoms with Crippen molar-refractivity contribution in [2.45, 2.75) is 12.3 Å². The Kier molecular flexibility index (Phi) is 3.62. The number of nitrogens with zero attached hydrogens (tertiary/aromatic N) is 1. The molecule has 0 aliphatic heterocycles. The highest BCUT2D eigenvalue weighted by molar-refractivity contribution is 7.11. The van der Waals surface area contributed by atoms with Gasteiger partial charge in [0.1, 0.15) is 0 Å². The molecule has 1 aromatic heterocycles. The zero-order chi connectivity index (χ0) is 10.7. The minimum atomic E-state index is 0.528. The Balaban J connectivity index is 2.18. The molecule has 0 fully saturated rings. The van der Waals surface area contributed by atoms with Gasteiger partial charge >= 0.3 is 0 Å². The maximum atomic E-state index is 6.07. The SMILES string of the molecule is ClCc1cnc(Cc2ccccc2Cl)s1. The van der Waals surface area contributed by atoms with Crippen LogP contribution in [0.5, 0.6) is 0 Å². The Morgan fingerprint density at radius 3 is 2.73 bits per heavy atom. The lowest BCUT2D eigenvalue weighted by molar-refractivity contribution is 1.13. The summed E-state index contributed by atoms with van der Waals surface area (Å²) >= 11 is 13.4. The molecule has 2 aromatic rings. The van der Waals surface area contributed by atoms with Crippen molar-refractivity contribution >= 4 is 34.5 Å². The van der Waals surface area contributed by atoms with Crippen molar-refractivity contribution < 1.29 is 0 Å². The summed E-state index contributed by atoms with van der Waals surface area (Å²) in [5, 5.41) is 1.85. The van der Waals surface area contributed by atoms with Crippen LogP contribution in [0.25, 0.3) is 0 Å². The van der Waals surface area contributed by atoms with Crippen molar-refractivity contribution in [1.29, 1.82) is 0 Å². The van der Waals surface area contributed by atoms with E-state index in [0.717, 1.165) is 26.9 Å². The van der Waals surface area contributed by atoms with Crippen molar-refractivity contribution in [2.75, 3.05) is 0 Å². The van der Waals surface area contributed by atoms with Crippen LogP contribution in [0.15, 0.2) is 30.5 Å². The van der Waals surface area contributed by atoms with Gasteiger partial charge in [0, 0.05) is 22.5 Å². The Bertz CT molecular complexity index is 453. The molecule has 2 rings (SSSR count). The van der Waals surface area contributed by atoms with E-state index in [2.05, 4.69) is 4.98 Å². The first-order chi connectivity index (χ1) is 7.29. The summed E-state index contributed by atoms with van der Waals surface area (Å²) < 4.78 is 0. The van der Waals surface area contributed by atoms with Gasteiger partial charge in [0.25, 0.3) is 0 Å². The highest BCUT2D eigenvalue weighted by Crippen LogP contribution is 2.22. The third-order valence-corrected chi connectivity index (χ3v) is 3.85. The van der Waals surface area contributed by atoms with E-state index < -0.39 is 0 Å². The number of alkyl halides is 1. The number of benzene rings is 1. The molecule has 0 spiro atoms. The fourth-order valence-corrected chi connectivity index (χ4v) is 2.53. The molecular formula is C11H9Cl2NS. The third-order valence-electron chi connectivity index (χ3n) is 2.03. The van der Waals surface area contributed by atoms with Crippen molar-refractivity contribution in [3.63, 3.8) is 0 Å². The van der Waals surface area contributed by atoms with Crippen LogP contribution in [0.2, 0.25) is 5.02 Å². The molecule has 1 heterocycles. The van der Waals surface area contributed by atoms with E-state index >= 15 is 0 Å². The first-order valence-corrected chi connectivity index (χ1v) is 6.25. The number of hydrogen-bond acceptors (Lipinski definition) is 2. The second-order valence-corrected chi connectivity index (χ2v) is 5.00. The summed E-state index contributed by atoms with van der Waals surface area (Å²) in [7, 11) is 0. The van der Waals surface area contributed by atoms with Crippen LogP contribution in [0, 0.1) is 0 Å². The van der Waals surface area contributed by atoms with Crippen LogP contribution in [0.4, 0.5) is 0 Å². The monoisotopic (exact) mass is 257 g/mol. The molecule has 15 heavy (non-hydrogen) atoms. The van der Waals surface area contributed by atoms with Crippen molar-refractivity contribution in [2.24, 2.45) is 0 Å². The molecule has 0 aliphatic carbocycles. The molecule has 0 saturated carbocycles. The second kappa shape index (κ2) is 4.97. The average molecular weight is 258 g/mol. The highest BCUT2D eigenvalue weighted by atomic mass is 35.5. The minimum Gasteiger partial charge on any atom is -0.249 e. The van der Waals surface area contributed by atoms with Crippen molar-refractivity contribution in [1.82, 2.24) is 4.98 Å². The van der Waals surface area contributed by atoms with E-state index in [9.17, 15) is 0 Å². The van der Waals surface area contributed by atoms with E-state index in [4.69, 9.17) is 23.2 Å². The average Bonchev–Trinajstić information content (AvgIpc) is 2.69. The van der Waals surface area contributed by atoms with E-state index in [0.29, 0.717) is 5.88 Å². The quantitative estimate of drug-likeness (QED) is 0.754. The van der Waals surface area contributed by atoms with Gasteiger partial charge in [-0.3, -0.25) is 0 Å². The van der Waals surface area contributed by atoms with Gasteiger partial charge in [-0.25, -0.2) is 4.98 Å². The normalized spacial score (nSPS) is 10.5. The molecule has 0 N–H and O–H groups in total. The Labute approximate surface area is 103 Å². The first kappa shape index (κ1) is 10.9. The molecule has 4 heteroatoms. The lowest BCUT2D eigenvalue weighted by atomic mass is 10.2. The number of halogens is 2. The zero-order valence-electron chi connectivity index (χ0n) is 7.91. The molecule has 0 amide bonds. The summed E-state index contributed by atoms with van der Waals surface area (Å²) in [6.45, 7) is 0. The third kappa shape index (κ3) is 2.71. The van der Waals surface area contributed by atoms with Crippen molar-refractivity contribution in [3.8, 4) is 0 Å². The summed E-state index contributed by atoms with van der Waals surface area (Å²) in [6, 6.07) is 7.83. The minimum absolute atomic E-state index is 0.528. The predicted molar refractivity (Wildman–Crippen MR) is 65.9 cm³/mol. The molecule has 0 aliphatic rings. The number of rotatable bonds is 3. The van der Waals surface area contributed by atoms with Crippen LogP contribution in [0.3, 0.4) is 0 Å². The van der Waals surface area contributed by atoms with E-state index in [-0.39, 0.29) is 0 Å². The van der Waals surface area contributed by atoms with Gasteiger partial charge < -0.3 is 0 Å². The van der Waals surface area contributed by atoms with Gasteiger partial charge in [0.2, 0.25) is 0 Å². The molecule has 78 valence electrons. The second-order valence-electron chi connectivity index (χ2n) is 3.12. The van der Waals surface area contributed by atoms with Gasteiger partial charge in [0.05, 0.1) is 10.9 Å². The molecule has 0 bridgehead atoms. The molecule has 0 atom stereocenters. The largest absolute Gasteiger partial charge is 0.249 e. The van der Waals surface area contributed by atoms with Gasteiger partial charge in [-0.2, -0.15) is 0 Å². The van der Waals surface area contributed by atoms with Gasteiger partial charge in [-0.05, 0) is 11.6 Å². The zero-order valence-corrected chi connectivity index (χ0v) is 10.2. The van der Waals surface area contributed by atoms with Crippen LogP contribution in [-0.4, -0.2) is 4.98 Å². The Hall–Kier alpha value is -0.570. The van der Waals surface area contributed by atoms with Gasteiger partial charge in [-0.15, -0.1) is 22.9 Å². The molecule has 0 radical (unpaired) electrons. The fourth-order valence-electron chi connectivity index (χ4n) is 1.30. The molecule has 0 unspecified atom stereocenters. The van der Waals surface area contributed by atoms with Crippen LogP contribution in [0.1, 0.15) is 15.4 Å². The lowest BCUT2D eigenvalue weighted by Gasteiger charge is -2.00. The Morgan fingerprint density at radius 1 is 1.27 bits per heavy atom. The van der Waals surface area contributed by atoms with Gasteiger partial charge in [0.15, 0.2) is 0 Å². The van der Waals surface area contributed by atoms with Crippen LogP contribution < -0.4 is 0 Å². The standard InChI is InChI=1S/C11H9Cl2NS/c12-6-9-7-14-11(15-9)5-8-3-1-2-4-10(8)13/h1-4,7H,5-6H2. The molecular weight excluding hydrogens is 249 g/mol. The summed E-state index contributed by atoms with van der Waals surface area (Å²) in [6.07, 6.45) is 2.60. The van der Waals surface area contributed by atoms with Crippen LogP contribution >= 0.6 is 34.5 Å². The number of aromatic nitrogens is 1. The maximum Gasteiger partial charge on any atom is 0.0972 e. The molecule has 1 nitrogen and oxygen atoms in total. The predicted octanol–water partition coefficient (Wildman–Crippen LogP) is 4.13. The smallest absolute Gasteiger partial charge is 0.0972 e. The fraction of sp³-hybridized carbons (Fsp3) is 0.182. The maximum absolute atomic E-state index is 6.07. The molecule has 1 aromatic carbocycles. The first-order valence-electron chi connectivity index (χ1n) is 4.52. The van der Waals surface area contributed by atoms with E-state index in [1.807, 2.05) is 30.5 Å². The lowest BCUT2D eigenvalue weighted by Crippen LogP contribution is -1.87. The van der Waals surface area contributed by atoms with Gasteiger partial charge in [-0.1, -0.05) is 29.8 Å².